The summed E-state index contributed by atoms with van der Waals surface area (Å²) in [6.07, 6.45) is 2.73. The van der Waals surface area contributed by atoms with Crippen LogP contribution in [0.3, 0.4) is 0 Å². The number of hydrogen-bond acceptors (Lipinski definition) is 3. The predicted molar refractivity (Wildman–Crippen MR) is 75.7 cm³/mol. The van der Waals surface area contributed by atoms with E-state index in [4.69, 9.17) is 10.5 Å². The molecule has 1 fully saturated rings. The van der Waals surface area contributed by atoms with Crippen molar-refractivity contribution in [3.63, 3.8) is 0 Å². The van der Waals surface area contributed by atoms with E-state index in [1.165, 1.54) is 5.56 Å². The maximum Gasteiger partial charge on any atom is 0.0601 e. The zero-order valence-corrected chi connectivity index (χ0v) is 11.6. The monoisotopic (exact) mass is 248 g/mol. The fraction of sp³-hybridized carbons (Fsp3) is 0.600. The van der Waals surface area contributed by atoms with Crippen LogP contribution in [0.2, 0.25) is 0 Å². The summed E-state index contributed by atoms with van der Waals surface area (Å²) in [6.45, 7) is 5.51. The van der Waals surface area contributed by atoms with Crippen molar-refractivity contribution < 1.29 is 4.74 Å². The molecule has 1 aromatic rings. The Balaban J connectivity index is 1.85. The highest BCUT2D eigenvalue weighted by Gasteiger charge is 2.30. The average Bonchev–Trinajstić information content (AvgIpc) is 2.28. The SMILES string of the molecule is COC1CC(NCC(C)(C)c2ccc(N)cc2)C1. The molecule has 100 valence electrons. The number of anilines is 1. The lowest BCUT2D eigenvalue weighted by molar-refractivity contribution is 0.0163. The number of nitrogens with two attached hydrogens (primary N) is 1. The van der Waals surface area contributed by atoms with Gasteiger partial charge in [-0.25, -0.2) is 0 Å². The Kier molecular flexibility index (Phi) is 3.93. The Morgan fingerprint density at radius 2 is 1.89 bits per heavy atom. The Bertz CT molecular complexity index is 380. The normalized spacial score (nSPS) is 23.7. The maximum atomic E-state index is 5.72. The molecule has 0 radical (unpaired) electrons. The first-order valence-electron chi connectivity index (χ1n) is 6.63. The third-order valence-electron chi connectivity index (χ3n) is 3.95. The van der Waals surface area contributed by atoms with Gasteiger partial charge in [-0.1, -0.05) is 26.0 Å². The molecule has 1 aliphatic carbocycles. The molecule has 1 aliphatic rings. The quantitative estimate of drug-likeness (QED) is 0.786. The first kappa shape index (κ1) is 13.4. The van der Waals surface area contributed by atoms with Crippen molar-refractivity contribution in [3.8, 4) is 0 Å². The molecule has 2 rings (SSSR count). The number of ether oxygens (including phenoxy) is 1. The number of nitrogen functional groups attached to an aromatic ring is 1. The summed E-state index contributed by atoms with van der Waals surface area (Å²) in [6, 6.07) is 8.80. The van der Waals surface area contributed by atoms with Gasteiger partial charge in [0.2, 0.25) is 0 Å². The van der Waals surface area contributed by atoms with E-state index in [0.717, 1.165) is 25.1 Å². The largest absolute Gasteiger partial charge is 0.399 e. The molecule has 0 amide bonds. The third kappa shape index (κ3) is 3.03. The van der Waals surface area contributed by atoms with Crippen LogP contribution in [0.1, 0.15) is 32.3 Å². The van der Waals surface area contributed by atoms with Gasteiger partial charge in [-0.2, -0.15) is 0 Å². The molecule has 0 saturated heterocycles. The molecule has 0 aromatic heterocycles. The first-order valence-corrected chi connectivity index (χ1v) is 6.63. The lowest BCUT2D eigenvalue weighted by Gasteiger charge is -2.37. The molecule has 0 spiro atoms. The first-order chi connectivity index (χ1) is 8.51. The van der Waals surface area contributed by atoms with E-state index in [0.29, 0.717) is 12.1 Å². The highest BCUT2D eigenvalue weighted by molar-refractivity contribution is 5.41. The fourth-order valence-corrected chi connectivity index (χ4v) is 2.36. The van der Waals surface area contributed by atoms with Crippen LogP contribution >= 0.6 is 0 Å². The third-order valence-corrected chi connectivity index (χ3v) is 3.95. The number of nitrogens with one attached hydrogen (secondary N) is 1. The molecule has 18 heavy (non-hydrogen) atoms. The van der Waals surface area contributed by atoms with E-state index in [1.54, 1.807) is 7.11 Å². The van der Waals surface area contributed by atoms with Gasteiger partial charge in [-0.15, -0.1) is 0 Å². The maximum absolute atomic E-state index is 5.72. The van der Waals surface area contributed by atoms with Crippen LogP contribution in [0, 0.1) is 0 Å². The van der Waals surface area contributed by atoms with Crippen molar-refractivity contribution in [1.82, 2.24) is 5.32 Å². The number of hydrogen-bond donors (Lipinski definition) is 2. The molecule has 0 unspecified atom stereocenters. The molecular weight excluding hydrogens is 224 g/mol. The minimum atomic E-state index is 0.131. The molecule has 0 aliphatic heterocycles. The van der Waals surface area contributed by atoms with Gasteiger partial charge in [0.05, 0.1) is 6.10 Å². The van der Waals surface area contributed by atoms with E-state index >= 15 is 0 Å². The van der Waals surface area contributed by atoms with E-state index < -0.39 is 0 Å². The summed E-state index contributed by atoms with van der Waals surface area (Å²) in [7, 11) is 1.79. The minimum absolute atomic E-state index is 0.131. The van der Waals surface area contributed by atoms with Gasteiger partial charge in [0.15, 0.2) is 0 Å². The van der Waals surface area contributed by atoms with Crippen LogP contribution in [0.25, 0.3) is 0 Å². The molecule has 3 heteroatoms. The Morgan fingerprint density at radius 1 is 1.28 bits per heavy atom. The van der Waals surface area contributed by atoms with Gasteiger partial charge in [0, 0.05) is 30.8 Å². The summed E-state index contributed by atoms with van der Waals surface area (Å²) < 4.78 is 5.29. The van der Waals surface area contributed by atoms with Crippen LogP contribution < -0.4 is 11.1 Å². The van der Waals surface area contributed by atoms with Crippen molar-refractivity contribution >= 4 is 5.69 Å². The summed E-state index contributed by atoms with van der Waals surface area (Å²) >= 11 is 0. The molecule has 3 nitrogen and oxygen atoms in total. The van der Waals surface area contributed by atoms with Crippen LogP contribution in [-0.4, -0.2) is 25.8 Å². The van der Waals surface area contributed by atoms with Gasteiger partial charge in [-0.3, -0.25) is 0 Å². The Hall–Kier alpha value is -1.06. The molecule has 0 atom stereocenters. The molecule has 1 aromatic carbocycles. The van der Waals surface area contributed by atoms with Crippen molar-refractivity contribution in [3.05, 3.63) is 29.8 Å². The number of benzene rings is 1. The van der Waals surface area contributed by atoms with Crippen molar-refractivity contribution in [2.75, 3.05) is 19.4 Å². The van der Waals surface area contributed by atoms with Crippen LogP contribution in [0.4, 0.5) is 5.69 Å². The number of methoxy groups -OCH3 is 1. The van der Waals surface area contributed by atoms with Crippen molar-refractivity contribution in [2.24, 2.45) is 0 Å². The summed E-state index contributed by atoms with van der Waals surface area (Å²) in [5.41, 5.74) is 8.00. The van der Waals surface area contributed by atoms with Crippen LogP contribution in [-0.2, 0) is 10.2 Å². The standard InChI is InChI=1S/C15H24N2O/c1-15(2,11-4-6-12(16)7-5-11)10-17-13-8-14(9-13)18-3/h4-7,13-14,17H,8-10,16H2,1-3H3. The zero-order chi connectivity index (χ0) is 13.2. The van der Waals surface area contributed by atoms with Gasteiger partial charge < -0.3 is 15.8 Å². The highest BCUT2D eigenvalue weighted by Crippen LogP contribution is 2.26. The Labute approximate surface area is 110 Å². The summed E-state index contributed by atoms with van der Waals surface area (Å²) in [4.78, 5) is 0. The second kappa shape index (κ2) is 5.29. The highest BCUT2D eigenvalue weighted by atomic mass is 16.5. The van der Waals surface area contributed by atoms with Crippen molar-refractivity contribution in [2.45, 2.75) is 44.2 Å². The second-order valence-corrected chi connectivity index (χ2v) is 5.91. The van der Waals surface area contributed by atoms with E-state index in [-0.39, 0.29) is 5.41 Å². The van der Waals surface area contributed by atoms with Crippen LogP contribution in [0.5, 0.6) is 0 Å². The van der Waals surface area contributed by atoms with Gasteiger partial charge in [0.25, 0.3) is 0 Å². The molecule has 0 heterocycles. The summed E-state index contributed by atoms with van der Waals surface area (Å²) in [5.74, 6) is 0. The topological polar surface area (TPSA) is 47.3 Å². The average molecular weight is 248 g/mol. The van der Waals surface area contributed by atoms with E-state index in [2.05, 4.69) is 31.3 Å². The van der Waals surface area contributed by atoms with Crippen LogP contribution in [0.15, 0.2) is 24.3 Å². The molecule has 3 N–H and O–H groups in total. The van der Waals surface area contributed by atoms with Crippen molar-refractivity contribution in [1.29, 1.82) is 0 Å². The second-order valence-electron chi connectivity index (χ2n) is 5.91. The predicted octanol–water partition coefficient (Wildman–Crippen LogP) is 2.31. The summed E-state index contributed by atoms with van der Waals surface area (Å²) in [5, 5.41) is 3.63. The molecule has 1 saturated carbocycles. The lowest BCUT2D eigenvalue weighted by Crippen LogP contribution is -2.48. The minimum Gasteiger partial charge on any atom is -0.399 e. The fourth-order valence-electron chi connectivity index (χ4n) is 2.36. The molecular formula is C15H24N2O. The lowest BCUT2D eigenvalue weighted by atomic mass is 9.82. The smallest absolute Gasteiger partial charge is 0.0601 e. The molecule has 0 bridgehead atoms. The van der Waals surface area contributed by atoms with Gasteiger partial charge in [0.1, 0.15) is 0 Å². The van der Waals surface area contributed by atoms with E-state index in [1.807, 2.05) is 12.1 Å². The Morgan fingerprint density at radius 3 is 2.44 bits per heavy atom. The van der Waals surface area contributed by atoms with Gasteiger partial charge >= 0.3 is 0 Å². The number of rotatable bonds is 5. The van der Waals surface area contributed by atoms with E-state index in [9.17, 15) is 0 Å². The van der Waals surface area contributed by atoms with Gasteiger partial charge in [-0.05, 0) is 30.5 Å². The zero-order valence-electron chi connectivity index (χ0n) is 11.6.